The third-order valence-electron chi connectivity index (χ3n) is 2.71. The van der Waals surface area contributed by atoms with Gasteiger partial charge in [0.2, 0.25) is 0 Å². The average Bonchev–Trinajstić information content (AvgIpc) is 2.27. The molecule has 19 heavy (non-hydrogen) atoms. The molecule has 0 fully saturated rings. The number of benzene rings is 1. The number of rotatable bonds is 6. The van der Waals surface area contributed by atoms with Crippen molar-refractivity contribution in [3.8, 4) is 0 Å². The molecule has 0 N–H and O–H groups in total. The van der Waals surface area contributed by atoms with Crippen LogP contribution in [0.5, 0.6) is 0 Å². The molecule has 5 nitrogen and oxygen atoms in total. The summed E-state index contributed by atoms with van der Waals surface area (Å²) < 4.78 is 23.2. The van der Waals surface area contributed by atoms with Crippen molar-refractivity contribution in [1.29, 1.82) is 0 Å². The molecule has 0 aliphatic rings. The highest BCUT2D eigenvalue weighted by Crippen LogP contribution is 2.30. The minimum absolute atomic E-state index is 0.237. The summed E-state index contributed by atoms with van der Waals surface area (Å²) in [5.74, 6) is 0. The molecule has 106 valence electrons. The number of nitro benzene ring substituents is 1. The molecule has 1 atom stereocenters. The predicted molar refractivity (Wildman–Crippen MR) is 74.5 cm³/mol. The summed E-state index contributed by atoms with van der Waals surface area (Å²) in [5.41, 5.74) is 0.00753. The number of alkyl halides is 1. The highest BCUT2D eigenvalue weighted by atomic mass is 35.5. The van der Waals surface area contributed by atoms with Gasteiger partial charge in [-0.15, -0.1) is 11.6 Å². The Hall–Kier alpha value is -1.14. The van der Waals surface area contributed by atoms with Crippen LogP contribution >= 0.6 is 11.6 Å². The van der Waals surface area contributed by atoms with Crippen LogP contribution in [0.25, 0.3) is 0 Å². The fraction of sp³-hybridized carbons (Fsp3) is 0.500. The Bertz CT molecular complexity index is 571. The summed E-state index contributed by atoms with van der Waals surface area (Å²) in [7, 11) is -3.63. The lowest BCUT2D eigenvalue weighted by molar-refractivity contribution is -0.388. The van der Waals surface area contributed by atoms with Gasteiger partial charge >= 0.3 is 0 Å². The maximum absolute atomic E-state index is 11.6. The zero-order valence-electron chi connectivity index (χ0n) is 10.8. The summed E-state index contributed by atoms with van der Waals surface area (Å²) in [5, 5.41) is 10.9. The number of halogens is 1. The minimum Gasteiger partial charge on any atom is -0.258 e. The van der Waals surface area contributed by atoms with Crippen molar-refractivity contribution in [2.24, 2.45) is 0 Å². The van der Waals surface area contributed by atoms with E-state index in [4.69, 9.17) is 11.6 Å². The van der Waals surface area contributed by atoms with E-state index in [0.29, 0.717) is 5.56 Å². The minimum atomic E-state index is -3.63. The molecule has 7 heteroatoms. The molecule has 1 aromatic carbocycles. The summed E-state index contributed by atoms with van der Waals surface area (Å²) in [4.78, 5) is 10.2. The molecule has 0 radical (unpaired) electrons. The SMILES string of the molecule is CCCC(Cl)Cc1cccc(S(C)(=O)=O)c1[N+](=O)[O-]. The predicted octanol–water partition coefficient (Wildman–Crippen LogP) is 2.95. The zero-order chi connectivity index (χ0) is 14.6. The Morgan fingerprint density at radius 3 is 2.53 bits per heavy atom. The van der Waals surface area contributed by atoms with Crippen molar-refractivity contribution >= 4 is 27.1 Å². The molecule has 0 saturated heterocycles. The zero-order valence-corrected chi connectivity index (χ0v) is 12.4. The van der Waals surface area contributed by atoms with Crippen LogP contribution in [0.1, 0.15) is 25.3 Å². The van der Waals surface area contributed by atoms with Crippen LogP contribution in [0.3, 0.4) is 0 Å². The average molecular weight is 306 g/mol. The molecule has 0 aliphatic heterocycles. The van der Waals surface area contributed by atoms with Crippen LogP contribution in [-0.4, -0.2) is 25.0 Å². The topological polar surface area (TPSA) is 77.3 Å². The van der Waals surface area contributed by atoms with Crippen molar-refractivity contribution in [1.82, 2.24) is 0 Å². The van der Waals surface area contributed by atoms with Crippen LogP contribution in [-0.2, 0) is 16.3 Å². The van der Waals surface area contributed by atoms with Crippen molar-refractivity contribution in [3.05, 3.63) is 33.9 Å². The van der Waals surface area contributed by atoms with Gasteiger partial charge in [0, 0.05) is 17.2 Å². The lowest BCUT2D eigenvalue weighted by Gasteiger charge is -2.10. The molecule has 1 aromatic rings. The molecule has 0 amide bonds. The molecule has 0 bridgehead atoms. The molecular formula is C12H16ClNO4S. The highest BCUT2D eigenvalue weighted by molar-refractivity contribution is 7.90. The summed E-state index contributed by atoms with van der Waals surface area (Å²) in [6.07, 6.45) is 2.84. The number of nitro groups is 1. The van der Waals surface area contributed by atoms with Gasteiger partial charge in [0.05, 0.1) is 4.92 Å². The van der Waals surface area contributed by atoms with Gasteiger partial charge in [0.15, 0.2) is 9.84 Å². The van der Waals surface area contributed by atoms with E-state index in [9.17, 15) is 18.5 Å². The van der Waals surface area contributed by atoms with Crippen molar-refractivity contribution in [2.45, 2.75) is 36.5 Å². The monoisotopic (exact) mass is 305 g/mol. The standard InChI is InChI=1S/C12H16ClNO4S/c1-3-5-10(13)8-9-6-4-7-11(19(2,17)18)12(9)14(15)16/h4,6-7,10H,3,5,8H2,1-2H3. The second-order valence-electron chi connectivity index (χ2n) is 4.38. The highest BCUT2D eigenvalue weighted by Gasteiger charge is 2.26. The van der Waals surface area contributed by atoms with E-state index >= 15 is 0 Å². The van der Waals surface area contributed by atoms with Crippen LogP contribution in [0.4, 0.5) is 5.69 Å². The number of nitrogens with zero attached hydrogens (tertiary/aromatic N) is 1. The normalized spacial score (nSPS) is 13.2. The Morgan fingerprint density at radius 1 is 1.42 bits per heavy atom. The van der Waals surface area contributed by atoms with Gasteiger partial charge in [-0.3, -0.25) is 10.1 Å². The third kappa shape index (κ3) is 4.18. The molecule has 0 saturated carbocycles. The second kappa shape index (κ2) is 6.34. The van der Waals surface area contributed by atoms with Gasteiger partial charge in [0.25, 0.3) is 5.69 Å². The van der Waals surface area contributed by atoms with Gasteiger partial charge in [-0.1, -0.05) is 25.5 Å². The van der Waals surface area contributed by atoms with Crippen LogP contribution in [0.15, 0.2) is 23.1 Å². The van der Waals surface area contributed by atoms with E-state index in [0.717, 1.165) is 19.1 Å². The van der Waals surface area contributed by atoms with E-state index in [1.54, 1.807) is 6.07 Å². The van der Waals surface area contributed by atoms with Gasteiger partial charge < -0.3 is 0 Å². The number of hydrogen-bond acceptors (Lipinski definition) is 4. The molecule has 1 rings (SSSR count). The summed E-state index contributed by atoms with van der Waals surface area (Å²) in [6.45, 7) is 1.97. The third-order valence-corrected chi connectivity index (χ3v) is 4.21. The molecule has 0 aliphatic carbocycles. The number of sulfone groups is 1. The first-order chi connectivity index (χ1) is 8.77. The molecule has 0 aromatic heterocycles. The van der Waals surface area contributed by atoms with Crippen LogP contribution in [0.2, 0.25) is 0 Å². The smallest absolute Gasteiger partial charge is 0.258 e. The van der Waals surface area contributed by atoms with Gasteiger partial charge in [-0.05, 0) is 18.9 Å². The van der Waals surface area contributed by atoms with E-state index in [-0.39, 0.29) is 22.4 Å². The first kappa shape index (κ1) is 15.9. The van der Waals surface area contributed by atoms with Gasteiger partial charge in [-0.25, -0.2) is 8.42 Å². The fourth-order valence-electron chi connectivity index (χ4n) is 1.89. The molecule has 0 spiro atoms. The first-order valence-electron chi connectivity index (χ1n) is 5.87. The number of hydrogen-bond donors (Lipinski definition) is 0. The molecule has 0 heterocycles. The quantitative estimate of drug-likeness (QED) is 0.460. The van der Waals surface area contributed by atoms with E-state index in [2.05, 4.69) is 0 Å². The maximum atomic E-state index is 11.6. The summed E-state index contributed by atoms with van der Waals surface area (Å²) >= 11 is 6.09. The number of para-hydroxylation sites is 1. The largest absolute Gasteiger partial charge is 0.291 e. The Morgan fingerprint density at radius 2 is 2.05 bits per heavy atom. The lowest BCUT2D eigenvalue weighted by Crippen LogP contribution is -2.09. The van der Waals surface area contributed by atoms with Crippen LogP contribution in [0, 0.1) is 10.1 Å². The molecular weight excluding hydrogens is 290 g/mol. The van der Waals surface area contributed by atoms with Gasteiger partial charge in [0.1, 0.15) is 4.90 Å². The Kier molecular flexibility index (Phi) is 5.31. The van der Waals surface area contributed by atoms with Crippen molar-refractivity contribution in [2.75, 3.05) is 6.26 Å². The van der Waals surface area contributed by atoms with E-state index < -0.39 is 14.8 Å². The second-order valence-corrected chi connectivity index (χ2v) is 6.98. The maximum Gasteiger partial charge on any atom is 0.291 e. The van der Waals surface area contributed by atoms with Crippen molar-refractivity contribution < 1.29 is 13.3 Å². The Labute approximate surface area is 117 Å². The lowest BCUT2D eigenvalue weighted by atomic mass is 10.1. The van der Waals surface area contributed by atoms with E-state index in [1.165, 1.54) is 12.1 Å². The Balaban J connectivity index is 3.29. The summed E-state index contributed by atoms with van der Waals surface area (Å²) in [6, 6.07) is 4.31. The van der Waals surface area contributed by atoms with Gasteiger partial charge in [-0.2, -0.15) is 0 Å². The van der Waals surface area contributed by atoms with Crippen molar-refractivity contribution in [3.63, 3.8) is 0 Å². The van der Waals surface area contributed by atoms with E-state index in [1.807, 2.05) is 6.92 Å². The fourth-order valence-corrected chi connectivity index (χ4v) is 3.16. The van der Waals surface area contributed by atoms with Crippen LogP contribution < -0.4 is 0 Å². The first-order valence-corrected chi connectivity index (χ1v) is 8.20. The molecule has 1 unspecified atom stereocenters.